The smallest absolute Gasteiger partial charge is 0.0682 e. The normalized spacial score (nSPS) is 15.5. The second-order valence-electron chi connectivity index (χ2n) is 4.86. The Morgan fingerprint density at radius 2 is 2.12 bits per heavy atom. The second kappa shape index (κ2) is 4.88. The lowest BCUT2D eigenvalue weighted by Gasteiger charge is -2.04. The number of aryl methyl sites for hydroxylation is 1. The molecule has 0 spiro atoms. The lowest BCUT2D eigenvalue weighted by molar-refractivity contribution is 0.544. The summed E-state index contributed by atoms with van der Waals surface area (Å²) >= 11 is 0. The van der Waals surface area contributed by atoms with Gasteiger partial charge in [0.05, 0.1) is 11.7 Å². The predicted molar refractivity (Wildman–Crippen MR) is 70.0 cm³/mol. The second-order valence-corrected chi connectivity index (χ2v) is 4.86. The van der Waals surface area contributed by atoms with E-state index in [1.54, 1.807) is 0 Å². The Balaban J connectivity index is 1.50. The first-order valence-corrected chi connectivity index (χ1v) is 6.57. The van der Waals surface area contributed by atoms with E-state index in [0.29, 0.717) is 0 Å². The molecular formula is C14H19N3. The molecule has 3 heteroatoms. The molecule has 1 fully saturated rings. The first-order chi connectivity index (χ1) is 8.43. The lowest BCUT2D eigenvalue weighted by Crippen LogP contribution is -2.17. The molecule has 17 heavy (non-hydrogen) atoms. The molecule has 1 heterocycles. The molecule has 1 aromatic heterocycles. The number of fused-ring (bicyclic) bond motifs is 1. The molecular weight excluding hydrogens is 210 g/mol. The van der Waals surface area contributed by atoms with E-state index in [1.165, 1.54) is 36.6 Å². The minimum Gasteiger partial charge on any atom is -0.314 e. The van der Waals surface area contributed by atoms with Crippen LogP contribution in [0.5, 0.6) is 0 Å². The highest BCUT2D eigenvalue weighted by Crippen LogP contribution is 2.18. The summed E-state index contributed by atoms with van der Waals surface area (Å²) in [6.45, 7) is 2.18. The van der Waals surface area contributed by atoms with Crippen LogP contribution in [0.15, 0.2) is 30.5 Å². The molecule has 3 nitrogen and oxygen atoms in total. The Bertz CT molecular complexity index is 485. The van der Waals surface area contributed by atoms with Crippen molar-refractivity contribution in [2.45, 2.75) is 38.3 Å². The van der Waals surface area contributed by atoms with Gasteiger partial charge < -0.3 is 5.32 Å². The van der Waals surface area contributed by atoms with Crippen molar-refractivity contribution in [2.75, 3.05) is 6.54 Å². The Hall–Kier alpha value is -1.35. The topological polar surface area (TPSA) is 29.9 Å². The van der Waals surface area contributed by atoms with E-state index in [-0.39, 0.29) is 0 Å². The maximum atomic E-state index is 4.44. The van der Waals surface area contributed by atoms with Crippen LogP contribution in [-0.2, 0) is 6.54 Å². The molecule has 0 amide bonds. The van der Waals surface area contributed by atoms with Crippen LogP contribution in [0.25, 0.3) is 10.9 Å². The molecule has 0 saturated heterocycles. The van der Waals surface area contributed by atoms with Gasteiger partial charge in [0.1, 0.15) is 0 Å². The Morgan fingerprint density at radius 3 is 3.00 bits per heavy atom. The van der Waals surface area contributed by atoms with E-state index in [9.17, 15) is 0 Å². The van der Waals surface area contributed by atoms with Gasteiger partial charge in [-0.15, -0.1) is 0 Å². The molecule has 1 aromatic carbocycles. The summed E-state index contributed by atoms with van der Waals surface area (Å²) in [5.74, 6) is 0. The summed E-state index contributed by atoms with van der Waals surface area (Å²) in [4.78, 5) is 0. The van der Waals surface area contributed by atoms with Crippen LogP contribution in [0.4, 0.5) is 0 Å². The van der Waals surface area contributed by atoms with Gasteiger partial charge >= 0.3 is 0 Å². The molecule has 0 bridgehead atoms. The van der Waals surface area contributed by atoms with Crippen molar-refractivity contribution in [1.82, 2.24) is 15.1 Å². The Morgan fingerprint density at radius 1 is 1.24 bits per heavy atom. The van der Waals surface area contributed by atoms with Crippen molar-refractivity contribution >= 4 is 10.9 Å². The van der Waals surface area contributed by atoms with Gasteiger partial charge in [-0.2, -0.15) is 5.10 Å². The predicted octanol–water partition coefficient (Wildman–Crippen LogP) is 2.57. The molecule has 1 saturated carbocycles. The molecule has 0 unspecified atom stereocenters. The van der Waals surface area contributed by atoms with E-state index in [4.69, 9.17) is 0 Å². The number of hydrogen-bond donors (Lipinski definition) is 1. The van der Waals surface area contributed by atoms with Crippen LogP contribution in [-0.4, -0.2) is 22.4 Å². The number of para-hydroxylation sites is 1. The highest BCUT2D eigenvalue weighted by Gasteiger charge is 2.19. The molecule has 2 aromatic rings. The fraction of sp³-hybridized carbons (Fsp3) is 0.500. The van der Waals surface area contributed by atoms with Crippen LogP contribution in [0.3, 0.4) is 0 Å². The van der Waals surface area contributed by atoms with Crippen molar-refractivity contribution < 1.29 is 0 Å². The van der Waals surface area contributed by atoms with Gasteiger partial charge in [-0.3, -0.25) is 4.68 Å². The number of aromatic nitrogens is 2. The summed E-state index contributed by atoms with van der Waals surface area (Å²) < 4.78 is 2.12. The Kier molecular flexibility index (Phi) is 3.10. The number of nitrogens with one attached hydrogen (secondary N) is 1. The van der Waals surface area contributed by atoms with Gasteiger partial charge in [0.15, 0.2) is 0 Å². The minimum absolute atomic E-state index is 0.834. The zero-order valence-corrected chi connectivity index (χ0v) is 10.1. The zero-order valence-electron chi connectivity index (χ0n) is 10.1. The van der Waals surface area contributed by atoms with Gasteiger partial charge in [-0.05, 0) is 38.3 Å². The van der Waals surface area contributed by atoms with E-state index in [1.807, 2.05) is 6.20 Å². The summed E-state index contributed by atoms with van der Waals surface area (Å²) in [7, 11) is 0. The van der Waals surface area contributed by atoms with Crippen molar-refractivity contribution in [3.63, 3.8) is 0 Å². The molecule has 1 aliphatic rings. The van der Waals surface area contributed by atoms with Gasteiger partial charge in [0.2, 0.25) is 0 Å². The van der Waals surface area contributed by atoms with Gasteiger partial charge in [0, 0.05) is 18.0 Å². The molecule has 3 rings (SSSR count). The standard InChI is InChI=1S/C14H19N3/c1-2-6-14-12(5-1)11-16-17(14)10-4-3-9-15-13-7-8-13/h1-2,5-6,11,13,15H,3-4,7-10H2. The summed E-state index contributed by atoms with van der Waals surface area (Å²) in [5, 5.41) is 9.22. The monoisotopic (exact) mass is 229 g/mol. The van der Waals surface area contributed by atoms with Crippen molar-refractivity contribution in [2.24, 2.45) is 0 Å². The van der Waals surface area contributed by atoms with E-state index >= 15 is 0 Å². The van der Waals surface area contributed by atoms with Crippen LogP contribution in [0.1, 0.15) is 25.7 Å². The fourth-order valence-electron chi connectivity index (χ4n) is 2.18. The highest BCUT2D eigenvalue weighted by atomic mass is 15.3. The fourth-order valence-corrected chi connectivity index (χ4v) is 2.18. The summed E-state index contributed by atoms with van der Waals surface area (Å²) in [6, 6.07) is 9.24. The quantitative estimate of drug-likeness (QED) is 0.772. The minimum atomic E-state index is 0.834. The molecule has 1 aliphatic carbocycles. The maximum Gasteiger partial charge on any atom is 0.0682 e. The number of nitrogens with zero attached hydrogens (tertiary/aromatic N) is 2. The van der Waals surface area contributed by atoms with Gasteiger partial charge in [0.25, 0.3) is 0 Å². The number of unbranched alkanes of at least 4 members (excludes halogenated alkanes) is 1. The third kappa shape index (κ3) is 2.67. The van der Waals surface area contributed by atoms with Crippen molar-refractivity contribution in [3.05, 3.63) is 30.5 Å². The average molecular weight is 229 g/mol. The van der Waals surface area contributed by atoms with Crippen LogP contribution < -0.4 is 5.32 Å². The third-order valence-electron chi connectivity index (χ3n) is 3.36. The highest BCUT2D eigenvalue weighted by molar-refractivity contribution is 5.78. The van der Waals surface area contributed by atoms with Gasteiger partial charge in [-0.25, -0.2) is 0 Å². The lowest BCUT2D eigenvalue weighted by atomic mass is 10.2. The zero-order chi connectivity index (χ0) is 11.5. The van der Waals surface area contributed by atoms with E-state index in [0.717, 1.165) is 19.1 Å². The first kappa shape index (κ1) is 10.8. The number of benzene rings is 1. The molecule has 0 radical (unpaired) electrons. The van der Waals surface area contributed by atoms with Crippen LogP contribution >= 0.6 is 0 Å². The SMILES string of the molecule is c1ccc2c(c1)cnn2CCCCNC1CC1. The first-order valence-electron chi connectivity index (χ1n) is 6.57. The molecule has 0 aliphatic heterocycles. The molecule has 1 N–H and O–H groups in total. The number of hydrogen-bond acceptors (Lipinski definition) is 2. The average Bonchev–Trinajstić information content (AvgIpc) is 3.09. The van der Waals surface area contributed by atoms with Crippen LogP contribution in [0.2, 0.25) is 0 Å². The van der Waals surface area contributed by atoms with Gasteiger partial charge in [-0.1, -0.05) is 18.2 Å². The summed E-state index contributed by atoms with van der Waals surface area (Å²) in [5.41, 5.74) is 1.25. The molecule has 0 atom stereocenters. The largest absolute Gasteiger partial charge is 0.314 e. The maximum absolute atomic E-state index is 4.44. The van der Waals surface area contributed by atoms with Crippen molar-refractivity contribution in [1.29, 1.82) is 0 Å². The van der Waals surface area contributed by atoms with Crippen LogP contribution in [0, 0.1) is 0 Å². The summed E-state index contributed by atoms with van der Waals surface area (Å²) in [6.07, 6.45) is 7.15. The van der Waals surface area contributed by atoms with E-state index in [2.05, 4.69) is 39.4 Å². The third-order valence-corrected chi connectivity index (χ3v) is 3.36. The van der Waals surface area contributed by atoms with Crippen molar-refractivity contribution in [3.8, 4) is 0 Å². The van der Waals surface area contributed by atoms with E-state index < -0.39 is 0 Å². The number of rotatable bonds is 6. The molecule has 90 valence electrons. The Labute approximate surface area is 102 Å².